The number of aliphatic hydroxyl groups is 3. The predicted octanol–water partition coefficient (Wildman–Crippen LogP) is 0.909. The summed E-state index contributed by atoms with van der Waals surface area (Å²) in [5.41, 5.74) is 5.97. The highest BCUT2D eigenvalue weighted by atomic mass is 16.7. The van der Waals surface area contributed by atoms with Crippen LogP contribution in [0.3, 0.4) is 0 Å². The lowest BCUT2D eigenvalue weighted by Crippen LogP contribution is -2.62. The van der Waals surface area contributed by atoms with E-state index in [1.54, 1.807) is 4.57 Å². The van der Waals surface area contributed by atoms with Crippen molar-refractivity contribution in [3.05, 3.63) is 48.5 Å². The Morgan fingerprint density at radius 2 is 1.91 bits per heavy atom. The lowest BCUT2D eigenvalue weighted by atomic mass is 9.84. The molecule has 1 saturated carbocycles. The van der Waals surface area contributed by atoms with Gasteiger partial charge in [0.1, 0.15) is 24.1 Å². The Labute approximate surface area is 184 Å². The largest absolute Gasteiger partial charge is 0.394 e. The normalized spacial score (nSPS) is 31.0. The van der Waals surface area contributed by atoms with E-state index in [4.69, 9.17) is 15.2 Å². The summed E-state index contributed by atoms with van der Waals surface area (Å²) in [7, 11) is 0. The average Bonchev–Trinajstić information content (AvgIpc) is 3.54. The second-order valence-corrected chi connectivity index (χ2v) is 8.48. The third kappa shape index (κ3) is 3.02. The maximum Gasteiger partial charge on any atom is 0.245 e. The first-order chi connectivity index (χ1) is 15.5. The number of benzene rings is 1. The fourth-order valence-corrected chi connectivity index (χ4v) is 5.16. The van der Waals surface area contributed by atoms with Gasteiger partial charge < -0.3 is 30.5 Å². The molecule has 1 aromatic carbocycles. The van der Waals surface area contributed by atoms with E-state index in [0.29, 0.717) is 11.2 Å². The average molecular weight is 441 g/mol. The van der Waals surface area contributed by atoms with E-state index < -0.39 is 30.3 Å². The summed E-state index contributed by atoms with van der Waals surface area (Å²) < 4.78 is 14.0. The number of nitrogens with two attached hydrogens (primary N) is 1. The van der Waals surface area contributed by atoms with Gasteiger partial charge in [0.25, 0.3) is 0 Å². The molecular formula is C22H27N5O5. The van der Waals surface area contributed by atoms with Gasteiger partial charge in [-0.25, -0.2) is 15.0 Å². The minimum absolute atomic E-state index is 0.0358. The molecular weight excluding hydrogens is 414 g/mol. The van der Waals surface area contributed by atoms with Gasteiger partial charge in [-0.1, -0.05) is 43.2 Å². The van der Waals surface area contributed by atoms with Crippen molar-refractivity contribution in [1.29, 1.82) is 0 Å². The van der Waals surface area contributed by atoms with Crippen LogP contribution < -0.4 is 5.73 Å². The van der Waals surface area contributed by atoms with Crippen LogP contribution in [0.4, 0.5) is 5.82 Å². The molecule has 0 spiro atoms. The molecule has 10 heteroatoms. The number of rotatable bonds is 6. The Balaban J connectivity index is 1.68. The van der Waals surface area contributed by atoms with E-state index in [1.165, 1.54) is 12.7 Å². The van der Waals surface area contributed by atoms with Crippen LogP contribution in [0.1, 0.15) is 31.2 Å². The number of fused-ring (bicyclic) bond motifs is 1. The van der Waals surface area contributed by atoms with Crippen molar-refractivity contribution in [2.75, 3.05) is 12.3 Å². The Morgan fingerprint density at radius 1 is 1.16 bits per heavy atom. The highest BCUT2D eigenvalue weighted by molar-refractivity contribution is 5.81. The van der Waals surface area contributed by atoms with Gasteiger partial charge in [0.2, 0.25) is 11.5 Å². The molecule has 0 bridgehead atoms. The fraction of sp³-hybridized carbons (Fsp3) is 0.500. The molecule has 3 aromatic rings. The van der Waals surface area contributed by atoms with E-state index in [2.05, 4.69) is 15.0 Å². The summed E-state index contributed by atoms with van der Waals surface area (Å²) in [6, 6.07) is 9.36. The van der Waals surface area contributed by atoms with Gasteiger partial charge in [0, 0.05) is 5.92 Å². The van der Waals surface area contributed by atoms with E-state index in [-0.39, 0.29) is 18.3 Å². The number of anilines is 1. The molecule has 2 aliphatic rings. The van der Waals surface area contributed by atoms with Crippen LogP contribution in [0.15, 0.2) is 43.0 Å². The molecule has 0 radical (unpaired) electrons. The van der Waals surface area contributed by atoms with Gasteiger partial charge in [0.05, 0.1) is 19.5 Å². The second-order valence-electron chi connectivity index (χ2n) is 8.48. The Morgan fingerprint density at radius 3 is 2.62 bits per heavy atom. The summed E-state index contributed by atoms with van der Waals surface area (Å²) >= 11 is 0. The molecule has 0 unspecified atom stereocenters. The zero-order chi connectivity index (χ0) is 22.3. The quantitative estimate of drug-likeness (QED) is 0.409. The SMILES string of the molecule is Nc1ncnc2c1ncn2[C@]1(C2CCCC2)O[C@H](CO)[C@@H](O)[C@]1(O)OCc1ccccc1. The molecule has 3 heterocycles. The molecule has 10 nitrogen and oxygen atoms in total. The van der Waals surface area contributed by atoms with Gasteiger partial charge in [-0.15, -0.1) is 0 Å². The number of nitrogens with zero attached hydrogens (tertiary/aromatic N) is 4. The number of ether oxygens (including phenoxy) is 2. The minimum Gasteiger partial charge on any atom is -0.394 e. The third-order valence-electron chi connectivity index (χ3n) is 6.71. The van der Waals surface area contributed by atoms with Gasteiger partial charge >= 0.3 is 0 Å². The van der Waals surface area contributed by atoms with Gasteiger partial charge in [-0.2, -0.15) is 0 Å². The number of aromatic nitrogens is 4. The van der Waals surface area contributed by atoms with Gasteiger partial charge in [0.15, 0.2) is 11.5 Å². The van der Waals surface area contributed by atoms with Crippen molar-refractivity contribution in [2.24, 2.45) is 5.92 Å². The maximum atomic E-state index is 12.1. The summed E-state index contributed by atoms with van der Waals surface area (Å²) in [6.07, 6.45) is 3.59. The number of aliphatic hydroxyl groups excluding tert-OH is 2. The number of imidazole rings is 1. The standard InChI is InChI=1S/C22H27N5O5/c23-19-17-20(25-12-24-19)27(13-26-17)21(15-8-4-5-9-15)22(30,18(29)16(10-28)32-21)31-11-14-6-2-1-3-7-14/h1-3,6-7,12-13,15-16,18,28-30H,4-5,8-11H2,(H2,23,24,25)/t16-,18-,21-,22+/m1/s1. The highest BCUT2D eigenvalue weighted by Gasteiger charge is 2.71. The van der Waals surface area contributed by atoms with Crippen LogP contribution in [0.2, 0.25) is 0 Å². The summed E-state index contributed by atoms with van der Waals surface area (Å²) in [4.78, 5) is 12.7. The molecule has 32 heavy (non-hydrogen) atoms. The van der Waals surface area contributed by atoms with Crippen LogP contribution >= 0.6 is 0 Å². The minimum atomic E-state index is -2.18. The molecule has 4 atom stereocenters. The van der Waals surface area contributed by atoms with Crippen LogP contribution in [-0.4, -0.2) is 59.4 Å². The van der Waals surface area contributed by atoms with Crippen molar-refractivity contribution in [2.45, 2.75) is 56.0 Å². The number of nitrogen functional groups attached to an aromatic ring is 1. The smallest absolute Gasteiger partial charge is 0.245 e. The monoisotopic (exact) mass is 441 g/mol. The van der Waals surface area contributed by atoms with Crippen LogP contribution in [0.25, 0.3) is 11.2 Å². The molecule has 170 valence electrons. The van der Waals surface area contributed by atoms with E-state index in [0.717, 1.165) is 31.2 Å². The van der Waals surface area contributed by atoms with Crippen molar-refractivity contribution in [1.82, 2.24) is 19.5 Å². The Bertz CT molecular complexity index is 1090. The molecule has 1 aliphatic carbocycles. The lowest BCUT2D eigenvalue weighted by Gasteiger charge is -2.45. The van der Waals surface area contributed by atoms with Crippen LogP contribution in [0, 0.1) is 5.92 Å². The van der Waals surface area contributed by atoms with Gasteiger partial charge in [-0.3, -0.25) is 4.57 Å². The molecule has 1 saturated heterocycles. The van der Waals surface area contributed by atoms with Crippen molar-refractivity contribution >= 4 is 17.0 Å². The summed E-state index contributed by atoms with van der Waals surface area (Å²) in [6.45, 7) is -0.454. The molecule has 0 amide bonds. The maximum absolute atomic E-state index is 12.1. The molecule has 5 rings (SSSR count). The first-order valence-corrected chi connectivity index (χ1v) is 10.8. The topological polar surface area (TPSA) is 149 Å². The third-order valence-corrected chi connectivity index (χ3v) is 6.71. The lowest BCUT2D eigenvalue weighted by molar-refractivity contribution is -0.342. The van der Waals surface area contributed by atoms with Crippen LogP contribution in [0.5, 0.6) is 0 Å². The van der Waals surface area contributed by atoms with Crippen molar-refractivity contribution in [3.8, 4) is 0 Å². The van der Waals surface area contributed by atoms with E-state index >= 15 is 0 Å². The second kappa shape index (κ2) is 8.05. The Hall–Kier alpha value is -2.63. The number of hydrogen-bond donors (Lipinski definition) is 4. The zero-order valence-electron chi connectivity index (χ0n) is 17.5. The first kappa shape index (κ1) is 21.2. The van der Waals surface area contributed by atoms with E-state index in [9.17, 15) is 15.3 Å². The first-order valence-electron chi connectivity index (χ1n) is 10.8. The zero-order valence-corrected chi connectivity index (χ0v) is 17.5. The van der Waals surface area contributed by atoms with E-state index in [1.807, 2.05) is 30.3 Å². The molecule has 2 aromatic heterocycles. The summed E-state index contributed by atoms with van der Waals surface area (Å²) in [5.74, 6) is -2.21. The van der Waals surface area contributed by atoms with Crippen molar-refractivity contribution in [3.63, 3.8) is 0 Å². The Kier molecular flexibility index (Phi) is 5.34. The fourth-order valence-electron chi connectivity index (χ4n) is 5.16. The van der Waals surface area contributed by atoms with Crippen LogP contribution in [-0.2, 0) is 21.8 Å². The molecule has 5 N–H and O–H groups in total. The highest BCUT2D eigenvalue weighted by Crippen LogP contribution is 2.54. The predicted molar refractivity (Wildman–Crippen MR) is 114 cm³/mol. The van der Waals surface area contributed by atoms with Crippen molar-refractivity contribution < 1.29 is 24.8 Å². The molecule has 2 fully saturated rings. The van der Waals surface area contributed by atoms with Gasteiger partial charge in [-0.05, 0) is 18.4 Å². The summed E-state index contributed by atoms with van der Waals surface area (Å²) in [5, 5.41) is 33.2. The number of hydrogen-bond acceptors (Lipinski definition) is 9. The molecule has 1 aliphatic heterocycles.